The van der Waals surface area contributed by atoms with Gasteiger partial charge in [-0.2, -0.15) is 4.98 Å². The van der Waals surface area contributed by atoms with Crippen LogP contribution in [0.3, 0.4) is 0 Å². The van der Waals surface area contributed by atoms with Crippen molar-refractivity contribution in [2.45, 2.75) is 76.7 Å². The quantitative estimate of drug-likeness (QED) is 0.655. The Kier molecular flexibility index (Phi) is 6.37. The maximum absolute atomic E-state index is 6.13. The van der Waals surface area contributed by atoms with Gasteiger partial charge < -0.3 is 15.4 Å². The molecule has 6 heteroatoms. The van der Waals surface area contributed by atoms with Crippen molar-refractivity contribution in [2.75, 3.05) is 25.4 Å². The lowest BCUT2D eigenvalue weighted by Gasteiger charge is -2.33. The lowest BCUT2D eigenvalue weighted by molar-refractivity contribution is 0.171. The Hall–Kier alpha value is -2.47. The predicted molar refractivity (Wildman–Crippen MR) is 133 cm³/mol. The fourth-order valence-corrected chi connectivity index (χ4v) is 5.75. The molecule has 2 aliphatic heterocycles. The van der Waals surface area contributed by atoms with Gasteiger partial charge in [-0.1, -0.05) is 30.7 Å². The Balaban J connectivity index is 1.22. The van der Waals surface area contributed by atoms with Gasteiger partial charge in [0.15, 0.2) is 11.5 Å². The minimum atomic E-state index is -0.582. The van der Waals surface area contributed by atoms with Gasteiger partial charge in [-0.25, -0.2) is 9.98 Å². The van der Waals surface area contributed by atoms with Gasteiger partial charge in [-0.3, -0.25) is 0 Å². The second-order valence-electron chi connectivity index (χ2n) is 10.5. The largest absolute Gasteiger partial charge is 0.463 e. The highest BCUT2D eigenvalue weighted by atomic mass is 16.5. The SMILES string of the molecule is CC1(C)Oc2ncnc(N)c2N=C1c1ccc(C2CCC(CCN3CCCCC3)CC2)cc1. The number of hydrogen-bond donors (Lipinski definition) is 1. The van der Waals surface area contributed by atoms with E-state index in [0.717, 1.165) is 17.2 Å². The molecule has 33 heavy (non-hydrogen) atoms. The van der Waals surface area contributed by atoms with E-state index < -0.39 is 5.60 Å². The average Bonchev–Trinajstić information content (AvgIpc) is 2.83. The van der Waals surface area contributed by atoms with E-state index in [0.29, 0.717) is 23.3 Å². The van der Waals surface area contributed by atoms with Crippen LogP contribution in [0, 0.1) is 5.92 Å². The number of nitrogens with two attached hydrogens (primary N) is 1. The van der Waals surface area contributed by atoms with Gasteiger partial charge in [0.1, 0.15) is 11.9 Å². The number of rotatable bonds is 5. The fourth-order valence-electron chi connectivity index (χ4n) is 5.75. The topological polar surface area (TPSA) is 76.6 Å². The van der Waals surface area contributed by atoms with Gasteiger partial charge >= 0.3 is 0 Å². The number of nitrogens with zero attached hydrogens (tertiary/aromatic N) is 4. The number of fused-ring (bicyclic) bond motifs is 1. The number of piperidine rings is 1. The molecule has 2 aromatic rings. The summed E-state index contributed by atoms with van der Waals surface area (Å²) in [5.41, 5.74) is 9.35. The molecule has 1 aromatic heterocycles. The summed E-state index contributed by atoms with van der Waals surface area (Å²) < 4.78 is 6.13. The van der Waals surface area contributed by atoms with E-state index in [2.05, 4.69) is 39.1 Å². The van der Waals surface area contributed by atoms with Crippen LogP contribution in [0.25, 0.3) is 0 Å². The van der Waals surface area contributed by atoms with Gasteiger partial charge in [-0.15, -0.1) is 0 Å². The van der Waals surface area contributed by atoms with Crippen LogP contribution in [0.2, 0.25) is 0 Å². The number of aliphatic imine (C=N–C) groups is 1. The first-order valence-corrected chi connectivity index (χ1v) is 12.7. The van der Waals surface area contributed by atoms with Crippen molar-refractivity contribution < 1.29 is 4.74 Å². The number of nitrogen functional groups attached to an aromatic ring is 1. The molecule has 5 rings (SSSR count). The summed E-state index contributed by atoms with van der Waals surface area (Å²) in [4.78, 5) is 15.8. The molecular formula is C27H37N5O. The first-order valence-electron chi connectivity index (χ1n) is 12.7. The van der Waals surface area contributed by atoms with Crippen LogP contribution in [-0.2, 0) is 0 Å². The zero-order valence-corrected chi connectivity index (χ0v) is 20.1. The minimum absolute atomic E-state index is 0.349. The molecule has 1 saturated heterocycles. The lowest BCUT2D eigenvalue weighted by atomic mass is 9.77. The van der Waals surface area contributed by atoms with Crippen LogP contribution >= 0.6 is 0 Å². The molecule has 0 atom stereocenters. The Morgan fingerprint density at radius 2 is 1.73 bits per heavy atom. The molecule has 1 aromatic carbocycles. The molecule has 2 N–H and O–H groups in total. The molecule has 1 saturated carbocycles. The lowest BCUT2D eigenvalue weighted by Crippen LogP contribution is -2.41. The smallest absolute Gasteiger partial charge is 0.246 e. The van der Waals surface area contributed by atoms with Crippen molar-refractivity contribution in [3.05, 3.63) is 41.7 Å². The van der Waals surface area contributed by atoms with E-state index in [-0.39, 0.29) is 0 Å². The molecule has 6 nitrogen and oxygen atoms in total. The Bertz CT molecular complexity index is 986. The molecule has 0 spiro atoms. The van der Waals surface area contributed by atoms with E-state index in [4.69, 9.17) is 15.5 Å². The Labute approximate surface area is 197 Å². The number of anilines is 1. The molecule has 3 aliphatic rings. The summed E-state index contributed by atoms with van der Waals surface area (Å²) >= 11 is 0. The van der Waals surface area contributed by atoms with Gasteiger partial charge in [0.25, 0.3) is 0 Å². The van der Waals surface area contributed by atoms with E-state index in [1.807, 2.05) is 13.8 Å². The number of aromatic nitrogens is 2. The Morgan fingerprint density at radius 1 is 1.00 bits per heavy atom. The van der Waals surface area contributed by atoms with Crippen LogP contribution in [0.1, 0.15) is 82.3 Å². The molecule has 0 unspecified atom stereocenters. The minimum Gasteiger partial charge on any atom is -0.463 e. The summed E-state index contributed by atoms with van der Waals surface area (Å²) in [6, 6.07) is 8.94. The summed E-state index contributed by atoms with van der Waals surface area (Å²) in [5, 5.41) is 0. The Morgan fingerprint density at radius 3 is 2.45 bits per heavy atom. The third-order valence-corrected chi connectivity index (χ3v) is 7.77. The molecule has 0 amide bonds. The first kappa shape index (κ1) is 22.3. The summed E-state index contributed by atoms with van der Waals surface area (Å²) in [6.07, 6.45) is 12.4. The van der Waals surface area contributed by atoms with Crippen molar-refractivity contribution in [3.63, 3.8) is 0 Å². The highest BCUT2D eigenvalue weighted by molar-refractivity contribution is 6.09. The number of hydrogen-bond acceptors (Lipinski definition) is 6. The maximum Gasteiger partial charge on any atom is 0.246 e. The normalized spacial score (nSPS) is 25.1. The summed E-state index contributed by atoms with van der Waals surface area (Å²) in [5.74, 6) is 2.38. The number of benzene rings is 1. The zero-order valence-electron chi connectivity index (χ0n) is 20.1. The van der Waals surface area contributed by atoms with Crippen LogP contribution in [0.5, 0.6) is 5.88 Å². The second kappa shape index (κ2) is 9.41. The van der Waals surface area contributed by atoms with Gasteiger partial charge in [0.05, 0.1) is 5.71 Å². The van der Waals surface area contributed by atoms with Crippen molar-refractivity contribution in [1.29, 1.82) is 0 Å². The first-order chi connectivity index (χ1) is 16.0. The van der Waals surface area contributed by atoms with Gasteiger partial charge in [-0.05, 0) is 95.8 Å². The standard InChI is InChI=1S/C27H37N5O/c1-27(2)24(31-23-25(28)29-18-30-26(23)33-27)22-12-10-21(11-13-22)20-8-6-19(7-9-20)14-17-32-15-4-3-5-16-32/h10-13,18-20H,3-9,14-17H2,1-2H3,(H2,28,29,30). The molecule has 0 bridgehead atoms. The van der Waals surface area contributed by atoms with Crippen LogP contribution < -0.4 is 10.5 Å². The van der Waals surface area contributed by atoms with Crippen LogP contribution in [-0.4, -0.2) is 45.8 Å². The number of likely N-dealkylation sites (tertiary alicyclic amines) is 1. The van der Waals surface area contributed by atoms with Crippen molar-refractivity contribution in [3.8, 4) is 5.88 Å². The van der Waals surface area contributed by atoms with E-state index in [9.17, 15) is 0 Å². The van der Waals surface area contributed by atoms with E-state index in [1.54, 1.807) is 0 Å². The molecule has 1 aliphatic carbocycles. The van der Waals surface area contributed by atoms with Crippen molar-refractivity contribution in [1.82, 2.24) is 14.9 Å². The fraction of sp³-hybridized carbons (Fsp3) is 0.593. The summed E-state index contributed by atoms with van der Waals surface area (Å²) in [7, 11) is 0. The molecular weight excluding hydrogens is 410 g/mol. The van der Waals surface area contributed by atoms with Gasteiger partial charge in [0.2, 0.25) is 5.88 Å². The van der Waals surface area contributed by atoms with E-state index in [1.165, 1.54) is 82.9 Å². The molecule has 3 heterocycles. The molecule has 0 radical (unpaired) electrons. The third-order valence-electron chi connectivity index (χ3n) is 7.77. The average molecular weight is 448 g/mol. The maximum atomic E-state index is 6.13. The highest BCUT2D eigenvalue weighted by Gasteiger charge is 2.35. The van der Waals surface area contributed by atoms with E-state index >= 15 is 0 Å². The zero-order chi connectivity index (χ0) is 22.8. The van der Waals surface area contributed by atoms with Crippen molar-refractivity contribution >= 4 is 17.2 Å². The third kappa shape index (κ3) is 4.91. The monoisotopic (exact) mass is 447 g/mol. The predicted octanol–water partition coefficient (Wildman–Crippen LogP) is 5.50. The van der Waals surface area contributed by atoms with Gasteiger partial charge in [0, 0.05) is 5.56 Å². The number of ether oxygens (including phenoxy) is 1. The van der Waals surface area contributed by atoms with Crippen LogP contribution in [0.4, 0.5) is 11.5 Å². The second-order valence-corrected chi connectivity index (χ2v) is 10.5. The summed E-state index contributed by atoms with van der Waals surface area (Å²) in [6.45, 7) is 7.99. The van der Waals surface area contributed by atoms with Crippen LogP contribution in [0.15, 0.2) is 35.6 Å². The molecule has 176 valence electrons. The highest BCUT2D eigenvalue weighted by Crippen LogP contribution is 2.40. The van der Waals surface area contributed by atoms with Crippen molar-refractivity contribution in [2.24, 2.45) is 10.9 Å². The molecule has 2 fully saturated rings.